The van der Waals surface area contributed by atoms with Crippen molar-refractivity contribution in [2.75, 3.05) is 27.9 Å². The average molecular weight is 442 g/mol. The van der Waals surface area contributed by atoms with Gasteiger partial charge < -0.3 is 24.3 Å². The van der Waals surface area contributed by atoms with E-state index in [1.54, 1.807) is 49.4 Å². The van der Waals surface area contributed by atoms with Crippen LogP contribution in [0.4, 0.5) is 5.69 Å². The summed E-state index contributed by atoms with van der Waals surface area (Å²) in [5, 5.41) is 3.17. The minimum absolute atomic E-state index is 0.274. The summed E-state index contributed by atoms with van der Waals surface area (Å²) in [4.78, 5) is 29.1. The van der Waals surface area contributed by atoms with Crippen LogP contribution in [0.1, 0.15) is 22.8 Å². The number of esters is 1. The van der Waals surface area contributed by atoms with Crippen LogP contribution in [0.25, 0.3) is 6.08 Å². The lowest BCUT2D eigenvalue weighted by Crippen LogP contribution is -2.19. The molecule has 0 bridgehead atoms. The summed E-state index contributed by atoms with van der Waals surface area (Å²) >= 11 is 1.20. The van der Waals surface area contributed by atoms with E-state index in [-0.39, 0.29) is 11.9 Å². The fourth-order valence-electron chi connectivity index (χ4n) is 2.86. The van der Waals surface area contributed by atoms with Crippen molar-refractivity contribution in [2.24, 2.45) is 4.99 Å². The number of benzene rings is 2. The molecule has 1 fully saturated rings. The highest BCUT2D eigenvalue weighted by atomic mass is 32.2. The number of hydrogen-bond donors (Lipinski definition) is 1. The van der Waals surface area contributed by atoms with Gasteiger partial charge in [-0.05, 0) is 61.2 Å². The molecule has 0 saturated carbocycles. The van der Waals surface area contributed by atoms with Crippen molar-refractivity contribution in [3.63, 3.8) is 0 Å². The van der Waals surface area contributed by atoms with Crippen LogP contribution in [0.2, 0.25) is 0 Å². The Bertz CT molecular complexity index is 1050. The van der Waals surface area contributed by atoms with Crippen LogP contribution >= 0.6 is 11.8 Å². The molecule has 2 aromatic carbocycles. The second kappa shape index (κ2) is 10.0. The Morgan fingerprint density at radius 3 is 2.35 bits per heavy atom. The summed E-state index contributed by atoms with van der Waals surface area (Å²) in [6, 6.07) is 10.2. The molecule has 1 amide bonds. The predicted molar refractivity (Wildman–Crippen MR) is 119 cm³/mol. The maximum Gasteiger partial charge on any atom is 0.338 e. The van der Waals surface area contributed by atoms with E-state index in [1.807, 2.05) is 0 Å². The molecule has 0 aliphatic carbocycles. The third kappa shape index (κ3) is 5.00. The van der Waals surface area contributed by atoms with Gasteiger partial charge >= 0.3 is 5.97 Å². The molecule has 9 heteroatoms. The number of methoxy groups -OCH3 is 3. The Morgan fingerprint density at radius 2 is 1.74 bits per heavy atom. The van der Waals surface area contributed by atoms with Crippen molar-refractivity contribution < 1.29 is 28.5 Å². The second-order valence-corrected chi connectivity index (χ2v) is 7.20. The van der Waals surface area contributed by atoms with Gasteiger partial charge in [0.2, 0.25) is 5.75 Å². The van der Waals surface area contributed by atoms with Crippen LogP contribution in [-0.4, -0.2) is 45.0 Å². The van der Waals surface area contributed by atoms with Crippen LogP contribution in [0.15, 0.2) is 46.3 Å². The number of nitrogens with one attached hydrogen (secondary N) is 1. The summed E-state index contributed by atoms with van der Waals surface area (Å²) < 4.78 is 21.1. The maximum atomic E-state index is 12.4. The molecule has 3 rings (SSSR count). The number of carbonyl (C=O) groups excluding carboxylic acids is 2. The second-order valence-electron chi connectivity index (χ2n) is 6.17. The molecule has 0 atom stereocenters. The highest BCUT2D eigenvalue weighted by molar-refractivity contribution is 8.18. The van der Waals surface area contributed by atoms with E-state index in [4.69, 9.17) is 18.9 Å². The average Bonchev–Trinajstić information content (AvgIpc) is 3.12. The zero-order valence-electron chi connectivity index (χ0n) is 17.6. The number of nitrogens with zero attached hydrogens (tertiary/aromatic N) is 1. The van der Waals surface area contributed by atoms with Crippen molar-refractivity contribution in [1.29, 1.82) is 0 Å². The number of ether oxygens (including phenoxy) is 4. The highest BCUT2D eigenvalue weighted by Gasteiger charge is 2.25. The van der Waals surface area contributed by atoms with Gasteiger partial charge in [-0.25, -0.2) is 9.79 Å². The standard InChI is InChI=1S/C22H22N2O6S/c1-5-30-21(26)13-6-9-15(10-7-13)23-22-24-20(25)17(31-22)12-14-8-11-16(27-2)19(29-4)18(14)28-3/h6-12H,5H2,1-4H3,(H,23,24,25)/b17-12-. The highest BCUT2D eigenvalue weighted by Crippen LogP contribution is 2.41. The van der Waals surface area contributed by atoms with Crippen molar-refractivity contribution in [3.05, 3.63) is 52.4 Å². The first-order valence-corrected chi connectivity index (χ1v) is 10.2. The van der Waals surface area contributed by atoms with Gasteiger partial charge in [0.25, 0.3) is 5.91 Å². The number of amidine groups is 1. The van der Waals surface area contributed by atoms with E-state index in [1.165, 1.54) is 33.1 Å². The monoisotopic (exact) mass is 442 g/mol. The minimum Gasteiger partial charge on any atom is -0.493 e. The molecular formula is C22H22N2O6S. The predicted octanol–water partition coefficient (Wildman–Crippen LogP) is 3.78. The SMILES string of the molecule is CCOC(=O)c1ccc(N=C2NC(=O)/C(=C/c3ccc(OC)c(OC)c3OC)S2)cc1. The molecule has 8 nitrogen and oxygen atoms in total. The number of hydrogen-bond acceptors (Lipinski definition) is 8. The number of thioether (sulfide) groups is 1. The molecule has 0 aromatic heterocycles. The third-order valence-electron chi connectivity index (χ3n) is 4.28. The largest absolute Gasteiger partial charge is 0.493 e. The van der Waals surface area contributed by atoms with E-state index in [9.17, 15) is 9.59 Å². The molecule has 0 spiro atoms. The van der Waals surface area contributed by atoms with Crippen LogP contribution in [-0.2, 0) is 9.53 Å². The molecule has 1 saturated heterocycles. The van der Waals surface area contributed by atoms with Crippen LogP contribution < -0.4 is 19.5 Å². The van der Waals surface area contributed by atoms with E-state index in [0.717, 1.165) is 0 Å². The normalized spacial score (nSPS) is 15.7. The fraction of sp³-hybridized carbons (Fsp3) is 0.227. The molecule has 1 aliphatic rings. The lowest BCUT2D eigenvalue weighted by atomic mass is 10.1. The fourth-order valence-corrected chi connectivity index (χ4v) is 3.70. The lowest BCUT2D eigenvalue weighted by Gasteiger charge is -2.14. The number of rotatable bonds is 7. The number of carbonyl (C=O) groups is 2. The molecule has 162 valence electrons. The maximum absolute atomic E-state index is 12.4. The zero-order chi connectivity index (χ0) is 22.4. The van der Waals surface area contributed by atoms with Crippen LogP contribution in [0.3, 0.4) is 0 Å². The first-order chi connectivity index (χ1) is 15.0. The topological polar surface area (TPSA) is 95.5 Å². The first kappa shape index (κ1) is 22.2. The molecule has 0 radical (unpaired) electrons. The molecule has 0 unspecified atom stereocenters. The van der Waals surface area contributed by atoms with Crippen molar-refractivity contribution >= 4 is 40.6 Å². The lowest BCUT2D eigenvalue weighted by molar-refractivity contribution is -0.115. The molecule has 1 N–H and O–H groups in total. The summed E-state index contributed by atoms with van der Waals surface area (Å²) in [7, 11) is 4.58. The minimum atomic E-state index is -0.390. The molecule has 1 aliphatic heterocycles. The summed E-state index contributed by atoms with van der Waals surface area (Å²) in [6.45, 7) is 2.06. The van der Waals surface area contributed by atoms with E-state index in [0.29, 0.717) is 50.7 Å². The van der Waals surface area contributed by atoms with Gasteiger partial charge in [-0.1, -0.05) is 0 Å². The molecule has 1 heterocycles. The smallest absolute Gasteiger partial charge is 0.338 e. The van der Waals surface area contributed by atoms with E-state index < -0.39 is 0 Å². The summed E-state index contributed by atoms with van der Waals surface area (Å²) in [5.41, 5.74) is 1.70. The summed E-state index contributed by atoms with van der Waals surface area (Å²) in [6.07, 6.45) is 1.70. The quantitative estimate of drug-likeness (QED) is 0.515. The van der Waals surface area contributed by atoms with Gasteiger partial charge in [-0.2, -0.15) is 0 Å². The molecular weight excluding hydrogens is 420 g/mol. The van der Waals surface area contributed by atoms with Crippen molar-refractivity contribution in [1.82, 2.24) is 5.32 Å². The van der Waals surface area contributed by atoms with Crippen LogP contribution in [0.5, 0.6) is 17.2 Å². The Hall–Kier alpha value is -3.46. The van der Waals surface area contributed by atoms with E-state index in [2.05, 4.69) is 10.3 Å². The van der Waals surface area contributed by atoms with Crippen molar-refractivity contribution in [2.45, 2.75) is 6.92 Å². The van der Waals surface area contributed by atoms with Crippen LogP contribution in [0, 0.1) is 0 Å². The Kier molecular flexibility index (Phi) is 7.19. The molecule has 2 aromatic rings. The van der Waals surface area contributed by atoms with Gasteiger partial charge in [0.1, 0.15) is 0 Å². The Balaban J connectivity index is 1.83. The zero-order valence-corrected chi connectivity index (χ0v) is 18.4. The number of aliphatic imine (C=N–C) groups is 1. The van der Waals surface area contributed by atoms with Gasteiger partial charge in [-0.15, -0.1) is 0 Å². The van der Waals surface area contributed by atoms with E-state index >= 15 is 0 Å². The van der Waals surface area contributed by atoms with Gasteiger partial charge in [0, 0.05) is 5.56 Å². The van der Waals surface area contributed by atoms with Gasteiger partial charge in [-0.3, -0.25) is 4.79 Å². The Labute approximate surface area is 184 Å². The summed E-state index contributed by atoms with van der Waals surface area (Å²) in [5.74, 6) is 0.766. The molecule has 31 heavy (non-hydrogen) atoms. The Morgan fingerprint density at radius 1 is 1.03 bits per heavy atom. The van der Waals surface area contributed by atoms with Gasteiger partial charge in [0.05, 0.1) is 44.1 Å². The third-order valence-corrected chi connectivity index (χ3v) is 5.19. The number of amides is 1. The van der Waals surface area contributed by atoms with Gasteiger partial charge in [0.15, 0.2) is 16.7 Å². The first-order valence-electron chi connectivity index (χ1n) is 9.36. The van der Waals surface area contributed by atoms with Crippen molar-refractivity contribution in [3.8, 4) is 17.2 Å².